The number of amides is 2. The van der Waals surface area contributed by atoms with E-state index in [4.69, 9.17) is 4.74 Å². The summed E-state index contributed by atoms with van der Waals surface area (Å²) in [5.41, 5.74) is 3.51. The number of nitrogens with zero attached hydrogens (tertiary/aromatic N) is 3. The summed E-state index contributed by atoms with van der Waals surface area (Å²) in [5.74, 6) is -0.00516. The maximum Gasteiger partial charge on any atom is 0.265 e. The van der Waals surface area contributed by atoms with Gasteiger partial charge >= 0.3 is 0 Å². The lowest BCUT2D eigenvalue weighted by molar-refractivity contribution is -0.122. The fourth-order valence-electron chi connectivity index (χ4n) is 3.45. The maximum atomic E-state index is 13.2. The van der Waals surface area contributed by atoms with Crippen LogP contribution in [0.25, 0.3) is 16.9 Å². The van der Waals surface area contributed by atoms with E-state index in [0.717, 1.165) is 11.3 Å². The number of carbonyl (C=O) groups is 2. The smallest absolute Gasteiger partial charge is 0.265 e. The summed E-state index contributed by atoms with van der Waals surface area (Å²) >= 11 is 0. The zero-order valence-electron chi connectivity index (χ0n) is 17.1. The van der Waals surface area contributed by atoms with Crippen LogP contribution in [0.4, 0.5) is 11.4 Å². The van der Waals surface area contributed by atoms with Gasteiger partial charge in [-0.3, -0.25) is 14.6 Å². The lowest BCUT2D eigenvalue weighted by atomic mass is 10.1. The minimum atomic E-state index is -0.561. The predicted molar refractivity (Wildman–Crippen MR) is 120 cm³/mol. The molecule has 0 saturated heterocycles. The Morgan fingerprint density at radius 3 is 2.75 bits per heavy atom. The predicted octanol–water partition coefficient (Wildman–Crippen LogP) is 3.91. The summed E-state index contributed by atoms with van der Waals surface area (Å²) in [5, 5.41) is 10.3. The summed E-state index contributed by atoms with van der Waals surface area (Å²) in [6, 6.07) is 18.3. The van der Waals surface area contributed by atoms with E-state index in [1.807, 2.05) is 36.4 Å². The molecule has 8 heteroatoms. The van der Waals surface area contributed by atoms with Crippen LogP contribution in [0.1, 0.15) is 17.3 Å². The molecular formula is C24H19N5O3. The summed E-state index contributed by atoms with van der Waals surface area (Å²) in [4.78, 5) is 29.3. The van der Waals surface area contributed by atoms with Gasteiger partial charge in [0, 0.05) is 29.8 Å². The van der Waals surface area contributed by atoms with Crippen LogP contribution in [-0.4, -0.2) is 32.7 Å². The van der Waals surface area contributed by atoms with Crippen molar-refractivity contribution in [1.82, 2.24) is 14.8 Å². The quantitative estimate of drug-likeness (QED) is 0.517. The molecule has 0 radical (unpaired) electrons. The van der Waals surface area contributed by atoms with Gasteiger partial charge in [-0.2, -0.15) is 5.10 Å². The van der Waals surface area contributed by atoms with E-state index in [-0.39, 0.29) is 11.8 Å². The molecule has 2 aromatic heterocycles. The first-order valence-corrected chi connectivity index (χ1v) is 10.1. The average molecular weight is 425 g/mol. The number of carbonyl (C=O) groups excluding carboxylic acids is 2. The monoisotopic (exact) mass is 425 g/mol. The molecule has 0 aliphatic carbocycles. The van der Waals surface area contributed by atoms with Crippen molar-refractivity contribution in [2.75, 3.05) is 10.6 Å². The van der Waals surface area contributed by atoms with E-state index in [1.165, 1.54) is 0 Å². The molecule has 0 bridgehead atoms. The Labute approximate surface area is 183 Å². The Morgan fingerprint density at radius 2 is 1.97 bits per heavy atom. The zero-order chi connectivity index (χ0) is 22.1. The van der Waals surface area contributed by atoms with Crippen molar-refractivity contribution in [2.24, 2.45) is 0 Å². The zero-order valence-corrected chi connectivity index (χ0v) is 17.1. The molecule has 2 amide bonds. The highest BCUT2D eigenvalue weighted by Gasteiger charge is 2.24. The summed E-state index contributed by atoms with van der Waals surface area (Å²) in [7, 11) is 0. The van der Waals surface area contributed by atoms with Crippen LogP contribution in [0.15, 0.2) is 79.3 Å². The molecule has 0 saturated carbocycles. The van der Waals surface area contributed by atoms with Crippen molar-refractivity contribution < 1.29 is 14.3 Å². The normalized spacial score (nSPS) is 14.8. The first kappa shape index (κ1) is 19.5. The number of benzene rings is 2. The van der Waals surface area contributed by atoms with Crippen LogP contribution >= 0.6 is 0 Å². The van der Waals surface area contributed by atoms with Crippen molar-refractivity contribution in [3.8, 4) is 22.7 Å². The molecule has 0 fully saturated rings. The van der Waals surface area contributed by atoms with Crippen molar-refractivity contribution in [1.29, 1.82) is 0 Å². The number of fused-ring (bicyclic) bond motifs is 1. The van der Waals surface area contributed by atoms with E-state index in [9.17, 15) is 9.59 Å². The van der Waals surface area contributed by atoms with Crippen molar-refractivity contribution in [3.63, 3.8) is 0 Å². The fourth-order valence-corrected chi connectivity index (χ4v) is 3.45. The van der Waals surface area contributed by atoms with E-state index in [1.54, 1.807) is 54.5 Å². The van der Waals surface area contributed by atoms with E-state index >= 15 is 0 Å². The molecule has 1 aliphatic heterocycles. The molecule has 2 N–H and O–H groups in total. The molecule has 1 aliphatic rings. The number of nitrogens with one attached hydrogen (secondary N) is 2. The molecule has 3 heterocycles. The number of pyridine rings is 1. The third kappa shape index (κ3) is 3.69. The number of para-hydroxylation sites is 1. The number of aromatic nitrogens is 3. The highest BCUT2D eigenvalue weighted by Crippen LogP contribution is 2.32. The van der Waals surface area contributed by atoms with Crippen LogP contribution < -0.4 is 15.4 Å². The Kier molecular flexibility index (Phi) is 4.87. The minimum Gasteiger partial charge on any atom is -0.479 e. The van der Waals surface area contributed by atoms with Crippen molar-refractivity contribution in [3.05, 3.63) is 84.8 Å². The number of hydrogen-bond acceptors (Lipinski definition) is 5. The number of anilines is 2. The van der Waals surface area contributed by atoms with Crippen LogP contribution in [0, 0.1) is 0 Å². The first-order valence-electron chi connectivity index (χ1n) is 10.1. The van der Waals surface area contributed by atoms with E-state index < -0.39 is 6.10 Å². The van der Waals surface area contributed by atoms with Crippen LogP contribution in [0.5, 0.6) is 5.75 Å². The second kappa shape index (κ2) is 7.99. The van der Waals surface area contributed by atoms with E-state index in [0.29, 0.717) is 28.4 Å². The van der Waals surface area contributed by atoms with Crippen LogP contribution in [0.3, 0.4) is 0 Å². The fraction of sp³-hybridized carbons (Fsp3) is 0.0833. The first-order chi connectivity index (χ1) is 15.6. The molecule has 1 atom stereocenters. The Balaban J connectivity index is 1.49. The lowest BCUT2D eigenvalue weighted by Crippen LogP contribution is -2.34. The van der Waals surface area contributed by atoms with Gasteiger partial charge in [0.05, 0.1) is 16.9 Å². The van der Waals surface area contributed by atoms with Gasteiger partial charge in [0.25, 0.3) is 11.8 Å². The van der Waals surface area contributed by atoms with Gasteiger partial charge in [-0.25, -0.2) is 4.68 Å². The van der Waals surface area contributed by atoms with Gasteiger partial charge in [0.2, 0.25) is 0 Å². The summed E-state index contributed by atoms with van der Waals surface area (Å²) in [6.07, 6.45) is 4.47. The van der Waals surface area contributed by atoms with Crippen molar-refractivity contribution >= 4 is 23.2 Å². The largest absolute Gasteiger partial charge is 0.479 e. The van der Waals surface area contributed by atoms with Crippen molar-refractivity contribution in [2.45, 2.75) is 13.0 Å². The van der Waals surface area contributed by atoms with Gasteiger partial charge in [-0.15, -0.1) is 0 Å². The van der Waals surface area contributed by atoms with Gasteiger partial charge in [0.15, 0.2) is 6.10 Å². The molecule has 0 spiro atoms. The third-order valence-corrected chi connectivity index (χ3v) is 5.08. The number of ether oxygens (including phenoxy) is 1. The Hall–Kier alpha value is -4.46. The standard InChI is InChI=1S/C24H19N5O3/c1-15-23(30)27-20-12-17(9-10-21(20)32-15)26-24(31)19-14-29(18-7-3-2-4-8-18)28-22(19)16-6-5-11-25-13-16/h2-15H,1H3,(H,26,31)(H,27,30). The van der Waals surface area contributed by atoms with Gasteiger partial charge in [0.1, 0.15) is 11.4 Å². The maximum absolute atomic E-state index is 13.2. The average Bonchev–Trinajstić information content (AvgIpc) is 3.27. The molecule has 5 rings (SSSR count). The molecule has 158 valence electrons. The third-order valence-electron chi connectivity index (χ3n) is 5.08. The highest BCUT2D eigenvalue weighted by molar-refractivity contribution is 6.08. The molecule has 32 heavy (non-hydrogen) atoms. The van der Waals surface area contributed by atoms with Crippen LogP contribution in [0.2, 0.25) is 0 Å². The second-order valence-corrected chi connectivity index (χ2v) is 7.33. The van der Waals surface area contributed by atoms with Gasteiger partial charge < -0.3 is 15.4 Å². The minimum absolute atomic E-state index is 0.232. The molecule has 4 aromatic rings. The molecular weight excluding hydrogens is 406 g/mol. The summed E-state index contributed by atoms with van der Waals surface area (Å²) < 4.78 is 7.24. The van der Waals surface area contributed by atoms with Crippen LogP contribution in [-0.2, 0) is 4.79 Å². The highest BCUT2D eigenvalue weighted by atomic mass is 16.5. The summed E-state index contributed by atoms with van der Waals surface area (Å²) in [6.45, 7) is 1.68. The Morgan fingerprint density at radius 1 is 1.12 bits per heavy atom. The second-order valence-electron chi connectivity index (χ2n) is 7.33. The Bertz CT molecular complexity index is 1300. The van der Waals surface area contributed by atoms with E-state index in [2.05, 4.69) is 20.7 Å². The molecule has 1 unspecified atom stereocenters. The number of rotatable bonds is 4. The molecule has 8 nitrogen and oxygen atoms in total. The van der Waals surface area contributed by atoms with Gasteiger partial charge in [-0.05, 0) is 49.4 Å². The topological polar surface area (TPSA) is 98.1 Å². The molecule has 2 aromatic carbocycles. The van der Waals surface area contributed by atoms with Gasteiger partial charge in [-0.1, -0.05) is 18.2 Å². The SMILES string of the molecule is CC1Oc2ccc(NC(=O)c3cn(-c4ccccc4)nc3-c3cccnc3)cc2NC1=O. The number of hydrogen-bond donors (Lipinski definition) is 2. The lowest BCUT2D eigenvalue weighted by Gasteiger charge is -2.23.